The molecule has 0 aromatic heterocycles. The van der Waals surface area contributed by atoms with Crippen LogP contribution in [0, 0.1) is 5.92 Å². The van der Waals surface area contributed by atoms with Gasteiger partial charge in [0.15, 0.2) is 0 Å². The number of piperidine rings is 1. The minimum atomic E-state index is -0.565. The number of carboxylic acids is 1. The third-order valence-corrected chi connectivity index (χ3v) is 5.14. The summed E-state index contributed by atoms with van der Waals surface area (Å²) in [4.78, 5) is 13.9. The molecule has 3 rings (SSSR count). The molecule has 0 aromatic carbocycles. The summed E-state index contributed by atoms with van der Waals surface area (Å²) in [6.07, 6.45) is 11.2. The molecular weight excluding hydrogens is 214 g/mol. The maximum atomic E-state index is 11.1. The van der Waals surface area contributed by atoms with Crippen LogP contribution >= 0.6 is 0 Å². The van der Waals surface area contributed by atoms with Crippen LogP contribution in [0.2, 0.25) is 0 Å². The van der Waals surface area contributed by atoms with Crippen molar-refractivity contribution in [1.29, 1.82) is 0 Å². The van der Waals surface area contributed by atoms with Gasteiger partial charge in [0.25, 0.3) is 0 Å². The van der Waals surface area contributed by atoms with Gasteiger partial charge in [0, 0.05) is 18.1 Å². The molecule has 17 heavy (non-hydrogen) atoms. The Labute approximate surface area is 103 Å². The van der Waals surface area contributed by atoms with Crippen molar-refractivity contribution in [2.75, 3.05) is 0 Å². The molecule has 0 spiro atoms. The van der Waals surface area contributed by atoms with Crippen molar-refractivity contribution in [3.63, 3.8) is 0 Å². The minimum Gasteiger partial charge on any atom is -0.481 e. The first-order chi connectivity index (χ1) is 8.25. The topological polar surface area (TPSA) is 40.5 Å². The lowest BCUT2D eigenvalue weighted by Crippen LogP contribution is -2.50. The number of hydrogen-bond acceptors (Lipinski definition) is 2. The summed E-state index contributed by atoms with van der Waals surface area (Å²) in [6, 6.07) is 1.94. The number of nitrogens with zero attached hydrogens (tertiary/aromatic N) is 1. The minimum absolute atomic E-state index is 0.0626. The normalized spacial score (nSPS) is 39.4. The van der Waals surface area contributed by atoms with Gasteiger partial charge in [0.1, 0.15) is 0 Å². The second kappa shape index (κ2) is 4.60. The molecule has 2 unspecified atom stereocenters. The van der Waals surface area contributed by atoms with Crippen molar-refractivity contribution in [3.8, 4) is 0 Å². The summed E-state index contributed by atoms with van der Waals surface area (Å²) in [5.74, 6) is -0.627. The molecule has 3 aliphatic rings. The van der Waals surface area contributed by atoms with E-state index in [1.807, 2.05) is 0 Å². The predicted octanol–water partition coefficient (Wildman–Crippen LogP) is 2.65. The molecule has 0 amide bonds. The maximum absolute atomic E-state index is 11.1. The maximum Gasteiger partial charge on any atom is 0.306 e. The summed E-state index contributed by atoms with van der Waals surface area (Å²) >= 11 is 0. The summed E-state index contributed by atoms with van der Waals surface area (Å²) < 4.78 is 0. The number of hydrogen-bond donors (Lipinski definition) is 1. The molecule has 0 radical (unpaired) electrons. The molecule has 2 atom stereocenters. The van der Waals surface area contributed by atoms with Gasteiger partial charge in [-0.25, -0.2) is 0 Å². The van der Waals surface area contributed by atoms with E-state index < -0.39 is 5.97 Å². The zero-order valence-electron chi connectivity index (χ0n) is 10.5. The molecule has 2 aliphatic heterocycles. The summed E-state index contributed by atoms with van der Waals surface area (Å²) in [5.41, 5.74) is 0. The van der Waals surface area contributed by atoms with E-state index in [1.165, 1.54) is 44.9 Å². The molecule has 2 bridgehead atoms. The van der Waals surface area contributed by atoms with Crippen LogP contribution in [0.1, 0.15) is 57.8 Å². The Hall–Kier alpha value is -0.570. The standard InChI is InChI=1S/C14H23NO2/c16-14(17)10-8-12-6-7-13(9-10)15(12)11-4-2-1-3-5-11/h10-13H,1-9H2,(H,16,17). The van der Waals surface area contributed by atoms with E-state index in [4.69, 9.17) is 0 Å². The molecule has 0 aromatic rings. The third-order valence-electron chi connectivity index (χ3n) is 5.14. The molecule has 2 heterocycles. The van der Waals surface area contributed by atoms with E-state index in [0.29, 0.717) is 12.1 Å². The SMILES string of the molecule is O=C(O)C1CC2CCC(C1)N2C1CCCCC1. The number of rotatable bonds is 2. The van der Waals surface area contributed by atoms with Gasteiger partial charge in [-0.15, -0.1) is 0 Å². The van der Waals surface area contributed by atoms with Gasteiger partial charge in [0.2, 0.25) is 0 Å². The fraction of sp³-hybridized carbons (Fsp3) is 0.929. The van der Waals surface area contributed by atoms with Gasteiger partial charge in [-0.05, 0) is 38.5 Å². The Morgan fingerprint density at radius 1 is 0.882 bits per heavy atom. The van der Waals surface area contributed by atoms with Crippen LogP contribution in [0.25, 0.3) is 0 Å². The van der Waals surface area contributed by atoms with Crippen LogP contribution in [0.4, 0.5) is 0 Å². The predicted molar refractivity (Wildman–Crippen MR) is 65.9 cm³/mol. The van der Waals surface area contributed by atoms with Crippen molar-refractivity contribution >= 4 is 5.97 Å². The van der Waals surface area contributed by atoms with E-state index in [1.54, 1.807) is 0 Å². The van der Waals surface area contributed by atoms with E-state index in [-0.39, 0.29) is 5.92 Å². The summed E-state index contributed by atoms with van der Waals surface area (Å²) in [6.45, 7) is 0. The summed E-state index contributed by atoms with van der Waals surface area (Å²) in [5, 5.41) is 9.18. The lowest BCUT2D eigenvalue weighted by atomic mass is 9.86. The lowest BCUT2D eigenvalue weighted by Gasteiger charge is -2.44. The Morgan fingerprint density at radius 3 is 2.00 bits per heavy atom. The van der Waals surface area contributed by atoms with Gasteiger partial charge in [-0.3, -0.25) is 9.69 Å². The molecular formula is C14H23NO2. The van der Waals surface area contributed by atoms with Gasteiger partial charge in [-0.1, -0.05) is 19.3 Å². The Kier molecular flexibility index (Phi) is 3.12. The zero-order valence-corrected chi connectivity index (χ0v) is 10.5. The van der Waals surface area contributed by atoms with Crippen molar-refractivity contribution in [1.82, 2.24) is 4.90 Å². The van der Waals surface area contributed by atoms with E-state index in [9.17, 15) is 9.90 Å². The molecule has 96 valence electrons. The first-order valence-electron chi connectivity index (χ1n) is 7.26. The Balaban J connectivity index is 1.69. The molecule has 2 saturated heterocycles. The van der Waals surface area contributed by atoms with Crippen LogP contribution < -0.4 is 0 Å². The second-order valence-electron chi connectivity index (χ2n) is 6.13. The average molecular weight is 237 g/mol. The highest BCUT2D eigenvalue weighted by Crippen LogP contribution is 2.42. The second-order valence-corrected chi connectivity index (χ2v) is 6.13. The number of aliphatic carboxylic acids is 1. The largest absolute Gasteiger partial charge is 0.481 e. The highest BCUT2D eigenvalue weighted by Gasteiger charge is 2.45. The number of carbonyl (C=O) groups is 1. The first-order valence-corrected chi connectivity index (χ1v) is 7.26. The van der Waals surface area contributed by atoms with E-state index in [2.05, 4.69) is 4.90 Å². The lowest BCUT2D eigenvalue weighted by molar-refractivity contribution is -0.144. The Morgan fingerprint density at radius 2 is 1.47 bits per heavy atom. The van der Waals surface area contributed by atoms with Crippen LogP contribution in [-0.4, -0.2) is 34.1 Å². The smallest absolute Gasteiger partial charge is 0.306 e. The quantitative estimate of drug-likeness (QED) is 0.802. The van der Waals surface area contributed by atoms with Crippen LogP contribution in [0.15, 0.2) is 0 Å². The van der Waals surface area contributed by atoms with Gasteiger partial charge in [0.05, 0.1) is 5.92 Å². The molecule has 3 nitrogen and oxygen atoms in total. The molecule has 1 aliphatic carbocycles. The van der Waals surface area contributed by atoms with Gasteiger partial charge >= 0.3 is 5.97 Å². The highest BCUT2D eigenvalue weighted by molar-refractivity contribution is 5.70. The molecule has 1 saturated carbocycles. The highest BCUT2D eigenvalue weighted by atomic mass is 16.4. The number of carboxylic acid groups (broad SMARTS) is 1. The monoisotopic (exact) mass is 237 g/mol. The van der Waals surface area contributed by atoms with Gasteiger partial charge in [-0.2, -0.15) is 0 Å². The van der Waals surface area contributed by atoms with Crippen LogP contribution in [0.5, 0.6) is 0 Å². The zero-order chi connectivity index (χ0) is 11.8. The Bertz CT molecular complexity index is 285. The van der Waals surface area contributed by atoms with E-state index in [0.717, 1.165) is 18.9 Å². The fourth-order valence-electron chi connectivity index (χ4n) is 4.39. The first kappa shape index (κ1) is 11.5. The fourth-order valence-corrected chi connectivity index (χ4v) is 4.39. The molecule has 1 N–H and O–H groups in total. The van der Waals surface area contributed by atoms with Crippen LogP contribution in [-0.2, 0) is 4.79 Å². The number of fused-ring (bicyclic) bond motifs is 2. The van der Waals surface area contributed by atoms with Crippen molar-refractivity contribution < 1.29 is 9.90 Å². The van der Waals surface area contributed by atoms with Crippen molar-refractivity contribution in [2.24, 2.45) is 5.92 Å². The van der Waals surface area contributed by atoms with Gasteiger partial charge < -0.3 is 5.11 Å². The van der Waals surface area contributed by atoms with Crippen molar-refractivity contribution in [3.05, 3.63) is 0 Å². The molecule has 3 heteroatoms. The van der Waals surface area contributed by atoms with Crippen molar-refractivity contribution in [2.45, 2.75) is 75.9 Å². The average Bonchev–Trinajstić information content (AvgIpc) is 2.60. The summed E-state index contributed by atoms with van der Waals surface area (Å²) in [7, 11) is 0. The van der Waals surface area contributed by atoms with E-state index >= 15 is 0 Å². The molecule has 3 fully saturated rings. The van der Waals surface area contributed by atoms with Crippen LogP contribution in [0.3, 0.4) is 0 Å². The third kappa shape index (κ3) is 2.10.